The van der Waals surface area contributed by atoms with Gasteiger partial charge in [0.1, 0.15) is 0 Å². The standard InChI is InChI=1S/C7H11N3S/c1-6(2)10-11-7-8-4-3-5-9-7/h3-6,10H,1-2H3. The van der Waals surface area contributed by atoms with Crippen molar-refractivity contribution in [1.82, 2.24) is 14.7 Å². The fourth-order valence-electron chi connectivity index (χ4n) is 0.509. The quantitative estimate of drug-likeness (QED) is 0.549. The van der Waals surface area contributed by atoms with Gasteiger partial charge in [0, 0.05) is 18.4 Å². The summed E-state index contributed by atoms with van der Waals surface area (Å²) in [6.07, 6.45) is 3.47. The molecule has 0 bridgehead atoms. The second kappa shape index (κ2) is 4.31. The molecule has 1 aromatic rings. The average Bonchev–Trinajstić information content (AvgIpc) is 2.03. The van der Waals surface area contributed by atoms with Crippen LogP contribution in [0.5, 0.6) is 0 Å². The van der Waals surface area contributed by atoms with E-state index in [4.69, 9.17) is 0 Å². The molecule has 0 unspecified atom stereocenters. The molecule has 3 nitrogen and oxygen atoms in total. The first-order valence-electron chi connectivity index (χ1n) is 3.48. The van der Waals surface area contributed by atoms with Gasteiger partial charge in [0.2, 0.25) is 5.16 Å². The maximum absolute atomic E-state index is 4.04. The molecular weight excluding hydrogens is 158 g/mol. The van der Waals surface area contributed by atoms with Crippen LogP contribution in [0, 0.1) is 0 Å². The minimum Gasteiger partial charge on any atom is -0.255 e. The Morgan fingerprint density at radius 3 is 2.55 bits per heavy atom. The van der Waals surface area contributed by atoms with E-state index in [0.717, 1.165) is 5.16 Å². The van der Waals surface area contributed by atoms with Gasteiger partial charge in [-0.3, -0.25) is 4.72 Å². The van der Waals surface area contributed by atoms with Crippen molar-refractivity contribution in [3.05, 3.63) is 18.5 Å². The fourth-order valence-corrected chi connectivity index (χ4v) is 1.08. The highest BCUT2D eigenvalue weighted by Crippen LogP contribution is 2.06. The summed E-state index contributed by atoms with van der Waals surface area (Å²) in [6.45, 7) is 4.16. The molecule has 1 rings (SSSR count). The molecule has 0 radical (unpaired) electrons. The second-order valence-electron chi connectivity index (χ2n) is 2.41. The first-order valence-corrected chi connectivity index (χ1v) is 4.30. The average molecular weight is 169 g/mol. The van der Waals surface area contributed by atoms with Gasteiger partial charge in [-0.15, -0.1) is 0 Å². The highest BCUT2D eigenvalue weighted by Gasteiger charge is 1.95. The van der Waals surface area contributed by atoms with Crippen LogP contribution in [0.4, 0.5) is 0 Å². The molecule has 0 aliphatic carbocycles. The van der Waals surface area contributed by atoms with Crippen molar-refractivity contribution in [3.8, 4) is 0 Å². The van der Waals surface area contributed by atoms with Gasteiger partial charge >= 0.3 is 0 Å². The van der Waals surface area contributed by atoms with Gasteiger partial charge in [-0.25, -0.2) is 9.97 Å². The highest BCUT2D eigenvalue weighted by atomic mass is 32.2. The smallest absolute Gasteiger partial charge is 0.202 e. The Hall–Kier alpha value is -0.610. The van der Waals surface area contributed by atoms with Crippen LogP contribution in [0.15, 0.2) is 23.6 Å². The van der Waals surface area contributed by atoms with Gasteiger partial charge in [0.15, 0.2) is 0 Å². The van der Waals surface area contributed by atoms with Gasteiger partial charge in [0.05, 0.1) is 0 Å². The predicted octanol–water partition coefficient (Wildman–Crippen LogP) is 1.48. The Kier molecular flexibility index (Phi) is 3.32. The SMILES string of the molecule is CC(C)NSc1ncccn1. The van der Waals surface area contributed by atoms with Gasteiger partial charge in [0.25, 0.3) is 0 Å². The molecule has 0 saturated carbocycles. The largest absolute Gasteiger partial charge is 0.255 e. The Labute approximate surface area is 70.8 Å². The van der Waals surface area contributed by atoms with E-state index >= 15 is 0 Å². The summed E-state index contributed by atoms with van der Waals surface area (Å²) < 4.78 is 3.15. The van der Waals surface area contributed by atoms with Crippen molar-refractivity contribution in [1.29, 1.82) is 0 Å². The third kappa shape index (κ3) is 3.34. The Bertz CT molecular complexity index is 200. The van der Waals surface area contributed by atoms with Crippen LogP contribution in [-0.2, 0) is 0 Å². The van der Waals surface area contributed by atoms with Crippen molar-refractivity contribution < 1.29 is 0 Å². The lowest BCUT2D eigenvalue weighted by Crippen LogP contribution is -2.14. The number of rotatable bonds is 3. The summed E-state index contributed by atoms with van der Waals surface area (Å²) in [6, 6.07) is 2.25. The van der Waals surface area contributed by atoms with Gasteiger partial charge in [-0.05, 0) is 31.9 Å². The van der Waals surface area contributed by atoms with Crippen molar-refractivity contribution in [2.24, 2.45) is 0 Å². The molecule has 0 aromatic carbocycles. The van der Waals surface area contributed by atoms with E-state index in [1.54, 1.807) is 18.5 Å². The van der Waals surface area contributed by atoms with Crippen LogP contribution in [0.2, 0.25) is 0 Å². The van der Waals surface area contributed by atoms with Crippen molar-refractivity contribution in [3.63, 3.8) is 0 Å². The molecule has 0 aliphatic heterocycles. The van der Waals surface area contributed by atoms with E-state index in [0.29, 0.717) is 6.04 Å². The molecule has 0 atom stereocenters. The maximum Gasteiger partial charge on any atom is 0.202 e. The Morgan fingerprint density at radius 1 is 1.36 bits per heavy atom. The van der Waals surface area contributed by atoms with Crippen LogP contribution in [-0.4, -0.2) is 16.0 Å². The molecule has 4 heteroatoms. The summed E-state index contributed by atoms with van der Waals surface area (Å²) in [5, 5.41) is 0.765. The topological polar surface area (TPSA) is 37.8 Å². The molecular formula is C7H11N3S. The van der Waals surface area contributed by atoms with E-state index in [-0.39, 0.29) is 0 Å². The lowest BCUT2D eigenvalue weighted by molar-refractivity contribution is 0.765. The monoisotopic (exact) mass is 169 g/mol. The zero-order valence-corrected chi connectivity index (χ0v) is 7.43. The van der Waals surface area contributed by atoms with Crippen molar-refractivity contribution >= 4 is 11.9 Å². The minimum atomic E-state index is 0.448. The summed E-state index contributed by atoms with van der Waals surface area (Å²) >= 11 is 1.46. The van der Waals surface area contributed by atoms with Crippen molar-refractivity contribution in [2.75, 3.05) is 0 Å². The van der Waals surface area contributed by atoms with Crippen LogP contribution >= 0.6 is 11.9 Å². The molecule has 0 amide bonds. The highest BCUT2D eigenvalue weighted by molar-refractivity contribution is 7.97. The molecule has 0 aliphatic rings. The van der Waals surface area contributed by atoms with E-state index in [2.05, 4.69) is 28.5 Å². The first kappa shape index (κ1) is 8.49. The normalized spacial score (nSPS) is 10.5. The summed E-state index contributed by atoms with van der Waals surface area (Å²) in [5.74, 6) is 0. The Balaban J connectivity index is 2.39. The molecule has 60 valence electrons. The van der Waals surface area contributed by atoms with E-state index in [9.17, 15) is 0 Å². The third-order valence-corrected chi connectivity index (χ3v) is 1.91. The molecule has 0 saturated heterocycles. The van der Waals surface area contributed by atoms with Gasteiger partial charge in [-0.2, -0.15) is 0 Å². The van der Waals surface area contributed by atoms with Gasteiger partial charge < -0.3 is 0 Å². The molecule has 0 spiro atoms. The zero-order chi connectivity index (χ0) is 8.10. The second-order valence-corrected chi connectivity index (χ2v) is 3.21. The molecule has 1 aromatic heterocycles. The summed E-state index contributed by atoms with van der Waals surface area (Å²) in [4.78, 5) is 8.08. The van der Waals surface area contributed by atoms with Crippen LogP contribution in [0.25, 0.3) is 0 Å². The number of hydrogen-bond donors (Lipinski definition) is 1. The van der Waals surface area contributed by atoms with Gasteiger partial charge in [-0.1, -0.05) is 0 Å². The van der Waals surface area contributed by atoms with Crippen molar-refractivity contribution in [2.45, 2.75) is 25.0 Å². The number of nitrogens with one attached hydrogen (secondary N) is 1. The van der Waals surface area contributed by atoms with Crippen LogP contribution < -0.4 is 4.72 Å². The molecule has 11 heavy (non-hydrogen) atoms. The lowest BCUT2D eigenvalue weighted by Gasteiger charge is -2.03. The summed E-state index contributed by atoms with van der Waals surface area (Å²) in [5.41, 5.74) is 0. The van der Waals surface area contributed by atoms with E-state index < -0.39 is 0 Å². The maximum atomic E-state index is 4.04. The minimum absolute atomic E-state index is 0.448. The first-order chi connectivity index (χ1) is 5.29. The number of nitrogens with zero attached hydrogens (tertiary/aromatic N) is 2. The fraction of sp³-hybridized carbons (Fsp3) is 0.429. The lowest BCUT2D eigenvalue weighted by atomic mass is 10.4. The molecule has 1 N–H and O–H groups in total. The predicted molar refractivity (Wildman–Crippen MR) is 46.2 cm³/mol. The van der Waals surface area contributed by atoms with E-state index in [1.165, 1.54) is 11.9 Å². The summed E-state index contributed by atoms with van der Waals surface area (Å²) in [7, 11) is 0. The van der Waals surface area contributed by atoms with Crippen LogP contribution in [0.3, 0.4) is 0 Å². The number of aromatic nitrogens is 2. The zero-order valence-electron chi connectivity index (χ0n) is 6.61. The van der Waals surface area contributed by atoms with Crippen LogP contribution in [0.1, 0.15) is 13.8 Å². The number of hydrogen-bond acceptors (Lipinski definition) is 4. The molecule has 0 fully saturated rings. The molecule has 1 heterocycles. The third-order valence-electron chi connectivity index (χ3n) is 0.928. The Morgan fingerprint density at radius 2 is 2.00 bits per heavy atom. The van der Waals surface area contributed by atoms with E-state index in [1.807, 2.05) is 0 Å².